The first-order valence-corrected chi connectivity index (χ1v) is 7.75. The number of carbonyl (C=O) groups is 1. The topological polar surface area (TPSA) is 78.4 Å². The maximum absolute atomic E-state index is 11.0. The molecule has 23 heavy (non-hydrogen) atoms. The second kappa shape index (κ2) is 6.64. The first kappa shape index (κ1) is 15.3. The molecule has 1 fully saturated rings. The third-order valence-electron chi connectivity index (χ3n) is 4.11. The number of nitrogens with one attached hydrogen (secondary N) is 1. The molecule has 0 bridgehead atoms. The number of carboxylic acids is 1. The van der Waals surface area contributed by atoms with Gasteiger partial charge in [-0.25, -0.2) is 9.97 Å². The van der Waals surface area contributed by atoms with Gasteiger partial charge in [-0.3, -0.25) is 4.79 Å². The minimum absolute atomic E-state index is 0.238. The van der Waals surface area contributed by atoms with Crippen LogP contribution in [0.4, 0.5) is 17.3 Å². The number of carboxylic acid groups (broad SMARTS) is 1. The molecular formula is C17H20N4O2. The number of aromatic nitrogens is 2. The van der Waals surface area contributed by atoms with E-state index in [0.717, 1.165) is 17.3 Å². The van der Waals surface area contributed by atoms with Crippen molar-refractivity contribution in [2.45, 2.75) is 19.8 Å². The molecule has 3 rings (SSSR count). The van der Waals surface area contributed by atoms with Gasteiger partial charge in [-0.1, -0.05) is 12.1 Å². The number of rotatable bonds is 4. The van der Waals surface area contributed by atoms with Gasteiger partial charge in [0.2, 0.25) is 0 Å². The Hall–Kier alpha value is -2.63. The molecule has 6 heteroatoms. The summed E-state index contributed by atoms with van der Waals surface area (Å²) in [6.07, 6.45) is 2.84. The Kier molecular flexibility index (Phi) is 4.41. The molecule has 1 aliphatic rings. The third-order valence-corrected chi connectivity index (χ3v) is 4.11. The average molecular weight is 312 g/mol. The molecule has 0 radical (unpaired) electrons. The monoisotopic (exact) mass is 312 g/mol. The van der Waals surface area contributed by atoms with Gasteiger partial charge in [0.05, 0.1) is 5.92 Å². The van der Waals surface area contributed by atoms with Gasteiger partial charge in [-0.15, -0.1) is 0 Å². The molecule has 0 aliphatic carbocycles. The van der Waals surface area contributed by atoms with E-state index in [9.17, 15) is 4.79 Å². The van der Waals surface area contributed by atoms with E-state index in [-0.39, 0.29) is 5.92 Å². The number of nitrogens with zero attached hydrogens (tertiary/aromatic N) is 3. The highest BCUT2D eigenvalue weighted by Gasteiger charge is 2.25. The molecule has 0 amide bonds. The van der Waals surface area contributed by atoms with Gasteiger partial charge in [0.25, 0.3) is 0 Å². The summed E-state index contributed by atoms with van der Waals surface area (Å²) < 4.78 is 0. The molecule has 1 saturated heterocycles. The van der Waals surface area contributed by atoms with E-state index in [0.29, 0.717) is 25.9 Å². The normalized spacial score (nSPS) is 15.4. The molecule has 2 N–H and O–H groups in total. The predicted molar refractivity (Wildman–Crippen MR) is 89.1 cm³/mol. The summed E-state index contributed by atoms with van der Waals surface area (Å²) in [5.74, 6) is 0.632. The van der Waals surface area contributed by atoms with Crippen molar-refractivity contribution in [2.24, 2.45) is 5.92 Å². The summed E-state index contributed by atoms with van der Waals surface area (Å²) in [7, 11) is 0. The van der Waals surface area contributed by atoms with Crippen LogP contribution in [0.2, 0.25) is 0 Å². The molecule has 0 unspecified atom stereocenters. The second-order valence-electron chi connectivity index (χ2n) is 5.86. The SMILES string of the molecule is Cc1cccc(Nc2cc(N3CCC(C(=O)O)CC3)ncn2)c1. The van der Waals surface area contributed by atoms with E-state index in [4.69, 9.17) is 5.11 Å². The van der Waals surface area contributed by atoms with E-state index in [1.807, 2.05) is 31.2 Å². The van der Waals surface area contributed by atoms with Crippen LogP contribution in [-0.2, 0) is 4.79 Å². The highest BCUT2D eigenvalue weighted by molar-refractivity contribution is 5.70. The minimum Gasteiger partial charge on any atom is -0.481 e. The van der Waals surface area contributed by atoms with Crippen molar-refractivity contribution in [1.29, 1.82) is 0 Å². The summed E-state index contributed by atoms with van der Waals surface area (Å²) in [5, 5.41) is 12.4. The van der Waals surface area contributed by atoms with Gasteiger partial charge in [0, 0.05) is 24.8 Å². The van der Waals surface area contributed by atoms with Gasteiger partial charge < -0.3 is 15.3 Å². The molecule has 1 aromatic carbocycles. The summed E-state index contributed by atoms with van der Waals surface area (Å²) in [5.41, 5.74) is 2.17. The van der Waals surface area contributed by atoms with Crippen LogP contribution in [0.15, 0.2) is 36.7 Å². The second-order valence-corrected chi connectivity index (χ2v) is 5.86. The predicted octanol–water partition coefficient (Wildman–Crippen LogP) is 2.83. The van der Waals surface area contributed by atoms with Gasteiger partial charge in [-0.05, 0) is 37.5 Å². The van der Waals surface area contributed by atoms with Crippen molar-refractivity contribution in [2.75, 3.05) is 23.3 Å². The molecule has 2 aromatic rings. The van der Waals surface area contributed by atoms with Gasteiger partial charge >= 0.3 is 5.97 Å². The lowest BCUT2D eigenvalue weighted by Crippen LogP contribution is -2.36. The van der Waals surface area contributed by atoms with Crippen molar-refractivity contribution < 1.29 is 9.90 Å². The summed E-state index contributed by atoms with van der Waals surface area (Å²) in [6, 6.07) is 10.00. The smallest absolute Gasteiger partial charge is 0.306 e. The van der Waals surface area contributed by atoms with Gasteiger partial charge in [-0.2, -0.15) is 0 Å². The number of piperidine rings is 1. The Labute approximate surface area is 135 Å². The number of hydrogen-bond donors (Lipinski definition) is 2. The van der Waals surface area contributed by atoms with Crippen LogP contribution in [0, 0.1) is 12.8 Å². The molecule has 6 nitrogen and oxygen atoms in total. The van der Waals surface area contributed by atoms with Crippen molar-refractivity contribution in [1.82, 2.24) is 9.97 Å². The highest BCUT2D eigenvalue weighted by Crippen LogP contribution is 2.24. The molecule has 0 saturated carbocycles. The molecule has 0 atom stereocenters. The molecule has 2 heterocycles. The van der Waals surface area contributed by atoms with Crippen LogP contribution in [-0.4, -0.2) is 34.1 Å². The average Bonchev–Trinajstić information content (AvgIpc) is 2.55. The zero-order valence-electron chi connectivity index (χ0n) is 13.1. The zero-order chi connectivity index (χ0) is 16.2. The summed E-state index contributed by atoms with van der Waals surface area (Å²) >= 11 is 0. The Balaban J connectivity index is 1.69. The van der Waals surface area contributed by atoms with Crippen LogP contribution in [0.5, 0.6) is 0 Å². The largest absolute Gasteiger partial charge is 0.481 e. The number of benzene rings is 1. The number of aryl methyl sites for hydroxylation is 1. The van der Waals surface area contributed by atoms with Crippen LogP contribution < -0.4 is 10.2 Å². The lowest BCUT2D eigenvalue weighted by atomic mass is 9.97. The fraction of sp³-hybridized carbons (Fsp3) is 0.353. The van der Waals surface area contributed by atoms with Crippen molar-refractivity contribution in [3.63, 3.8) is 0 Å². The number of hydrogen-bond acceptors (Lipinski definition) is 5. The van der Waals surface area contributed by atoms with Gasteiger partial charge in [0.1, 0.15) is 18.0 Å². The van der Waals surface area contributed by atoms with E-state index in [1.54, 1.807) is 0 Å². The lowest BCUT2D eigenvalue weighted by molar-refractivity contribution is -0.142. The minimum atomic E-state index is -0.700. The Bertz CT molecular complexity index is 696. The Morgan fingerprint density at radius 2 is 2.04 bits per heavy atom. The zero-order valence-corrected chi connectivity index (χ0v) is 13.1. The molecule has 120 valence electrons. The van der Waals surface area contributed by atoms with Crippen LogP contribution in [0.3, 0.4) is 0 Å². The quantitative estimate of drug-likeness (QED) is 0.904. The fourth-order valence-corrected chi connectivity index (χ4v) is 2.81. The lowest BCUT2D eigenvalue weighted by Gasteiger charge is -2.31. The van der Waals surface area contributed by atoms with Crippen molar-refractivity contribution in [3.05, 3.63) is 42.2 Å². The third kappa shape index (κ3) is 3.77. The van der Waals surface area contributed by atoms with E-state index in [1.165, 1.54) is 11.9 Å². The van der Waals surface area contributed by atoms with Gasteiger partial charge in [0.15, 0.2) is 0 Å². The van der Waals surface area contributed by atoms with E-state index in [2.05, 4.69) is 26.3 Å². The Morgan fingerprint density at radius 1 is 1.26 bits per heavy atom. The highest BCUT2D eigenvalue weighted by atomic mass is 16.4. The van der Waals surface area contributed by atoms with E-state index < -0.39 is 5.97 Å². The van der Waals surface area contributed by atoms with Crippen LogP contribution in [0.1, 0.15) is 18.4 Å². The van der Waals surface area contributed by atoms with Crippen molar-refractivity contribution >= 4 is 23.3 Å². The van der Waals surface area contributed by atoms with E-state index >= 15 is 0 Å². The number of aliphatic carboxylic acids is 1. The summed E-state index contributed by atoms with van der Waals surface area (Å²) in [6.45, 7) is 3.46. The number of anilines is 3. The molecule has 1 aliphatic heterocycles. The summed E-state index contributed by atoms with van der Waals surface area (Å²) in [4.78, 5) is 21.7. The standard InChI is InChI=1S/C17H20N4O2/c1-12-3-2-4-14(9-12)20-15-10-16(19-11-18-15)21-7-5-13(6-8-21)17(22)23/h2-4,9-11,13H,5-8H2,1H3,(H,22,23)(H,18,19,20). The van der Waals surface area contributed by atoms with Crippen molar-refractivity contribution in [3.8, 4) is 0 Å². The first-order valence-electron chi connectivity index (χ1n) is 7.75. The maximum Gasteiger partial charge on any atom is 0.306 e. The Morgan fingerprint density at radius 3 is 2.74 bits per heavy atom. The van der Waals surface area contributed by atoms with Crippen LogP contribution in [0.25, 0.3) is 0 Å². The van der Waals surface area contributed by atoms with Crippen LogP contribution >= 0.6 is 0 Å². The molecule has 0 spiro atoms. The first-order chi connectivity index (χ1) is 11.1. The maximum atomic E-state index is 11.0. The molecular weight excluding hydrogens is 292 g/mol. The fourth-order valence-electron chi connectivity index (χ4n) is 2.81. The molecule has 1 aromatic heterocycles.